The molecular weight excluding hydrogens is 1880 g/mol. The zero-order chi connectivity index (χ0) is 96.8. The highest BCUT2D eigenvalue weighted by molar-refractivity contribution is 7.91. The minimum Gasteiger partial charge on any atom is -0.404 e. The van der Waals surface area contributed by atoms with Gasteiger partial charge in [-0.25, -0.2) is 73.6 Å². The summed E-state index contributed by atoms with van der Waals surface area (Å²) in [4.78, 5) is 54.5. The number of guanidine groups is 5. The van der Waals surface area contributed by atoms with Gasteiger partial charge < -0.3 is 34.1 Å². The maximum Gasteiger partial charge on any atom is 0.573 e. The molecule has 0 atom stereocenters. The van der Waals surface area contributed by atoms with Crippen LogP contribution in [0, 0.1) is 0 Å². The Hall–Kier alpha value is -9.33. The number of hydrogen-bond acceptors (Lipinski definition) is 28. The van der Waals surface area contributed by atoms with Gasteiger partial charge in [0.15, 0.2) is 0 Å². The van der Waals surface area contributed by atoms with Crippen molar-refractivity contribution >= 4 is 79.9 Å². The molecule has 33 nitrogen and oxygen atoms in total. The summed E-state index contributed by atoms with van der Waals surface area (Å²) in [5.74, 6) is 3.11. The molecule has 1 aromatic heterocycles. The number of aryl methyl sites for hydroxylation is 2. The van der Waals surface area contributed by atoms with Crippen molar-refractivity contribution in [3.63, 3.8) is 0 Å². The first-order valence-corrected chi connectivity index (χ1v) is 57.6. The lowest BCUT2D eigenvalue weighted by atomic mass is 9.91. The van der Waals surface area contributed by atoms with Crippen LogP contribution in [0.5, 0.6) is 5.75 Å². The third-order valence-electron chi connectivity index (χ3n) is 30.3. The van der Waals surface area contributed by atoms with Gasteiger partial charge in [-0.05, 0) is 197 Å². The molecule has 0 radical (unpaired) electrons. The van der Waals surface area contributed by atoms with Gasteiger partial charge in [-0.2, -0.15) is 0 Å². The van der Waals surface area contributed by atoms with E-state index in [1.54, 1.807) is 71.3 Å². The highest BCUT2D eigenvalue weighted by Gasteiger charge is 2.45. The molecule has 0 amide bonds. The Kier molecular flexibility index (Phi) is 31.2. The van der Waals surface area contributed by atoms with E-state index in [2.05, 4.69) is 105 Å². The van der Waals surface area contributed by atoms with Crippen molar-refractivity contribution < 1.29 is 60.0 Å². The molecule has 41 heteroatoms. The van der Waals surface area contributed by atoms with Gasteiger partial charge in [-0.15, -0.1) is 13.2 Å². The average Bonchev–Trinajstić information content (AvgIpc) is 1.75. The molecule has 0 spiro atoms. The summed E-state index contributed by atoms with van der Waals surface area (Å²) in [6.07, 6.45) is 22.7. The number of fused-ring (bicyclic) bond motifs is 1. The molecule has 6 aromatic rings. The van der Waals surface area contributed by atoms with E-state index in [9.17, 15) is 55.3 Å². The Labute approximate surface area is 819 Å². The topological polar surface area (TPSA) is 316 Å². The summed E-state index contributed by atoms with van der Waals surface area (Å²) in [6.45, 7) is 29.0. The normalized spacial score (nSPS) is 22.3. The monoisotopic (exact) mass is 2010 g/mol. The number of sulfonamides is 5. The third kappa shape index (κ3) is 22.7. The third-order valence-corrected chi connectivity index (χ3v) is 39.3. The van der Waals surface area contributed by atoms with Crippen LogP contribution in [0.1, 0.15) is 158 Å². The van der Waals surface area contributed by atoms with Crippen LogP contribution in [0.3, 0.4) is 0 Å². The minimum atomic E-state index is -4.98. The first-order valence-electron chi connectivity index (χ1n) is 50.4. The second-order valence-electron chi connectivity index (χ2n) is 39.0. The quantitative estimate of drug-likeness (QED) is 0.0728. The molecule has 5 saturated carbocycles. The second kappa shape index (κ2) is 43.5. The fourth-order valence-electron chi connectivity index (χ4n) is 20.9. The van der Waals surface area contributed by atoms with E-state index < -0.39 is 67.1 Å². The number of benzene rings is 5. The molecule has 0 N–H and O–H groups in total. The minimum absolute atomic E-state index is 0.0893. The number of nitrogens with zero attached hydrogens (tertiary/aromatic N) is 22. The summed E-state index contributed by atoms with van der Waals surface area (Å²) in [5, 5.41) is 0. The largest absolute Gasteiger partial charge is 0.573 e. The lowest BCUT2D eigenvalue weighted by molar-refractivity contribution is -0.275. The van der Waals surface area contributed by atoms with Crippen LogP contribution < -0.4 is 4.74 Å². The Morgan fingerprint density at radius 3 is 1.03 bits per heavy atom. The number of aromatic nitrogens is 2. The van der Waals surface area contributed by atoms with E-state index >= 15 is 0 Å². The van der Waals surface area contributed by atoms with Crippen LogP contribution in [-0.4, -0.2) is 386 Å². The molecule has 11 heterocycles. The Bertz CT molecular complexity index is 5870. The van der Waals surface area contributed by atoms with Crippen molar-refractivity contribution in [2.24, 2.45) is 25.0 Å². The molecule has 10 fully saturated rings. The van der Waals surface area contributed by atoms with Crippen LogP contribution >= 0.6 is 0 Å². The standard InChI is InChI=1S/C21H26N6O2S.C21H30N4O2S.C20H28N4O2S.C20H30N4O2S.C16H21F3N4O3S/c28-30(29,20-6-4-17(5-7-20)18-14-22-16-23-15-18)27-9-8-24-21(27)26-12-10-25(11-13-26)19-2-1-3-19;26-28(27,20-9-8-17-4-1-2-5-18(17)16-20)25-11-10-22-21(25)24-14-12-23(13-15-24)19-6-3-7-19;25-27(26,19-8-6-17(7-9-19)16-4-5-16)24-11-10-21-20(24)23-14-12-22(13-15-23)18-2-1-3-18;1-16(2)17-6-8-19(9-7-17)27(25,26)24-11-10-21-20(24)23-14-12-22(13-15-23)18-4-3-5-18;1-2-21-9-11-22(12-10-21)15-20-7-8-23(15)27(24,25)14-6-4-3-5-13(14)26-16(17,18)19/h4-7,14-16,19H,1-3,8-13H2;8-9,16,19H,1-7,10-15H2;6-9,16,18H,1-5,10-15H2;6-9,16,18H,3-5,10-15H2,1-2H3;3-6H,2,7-12H2,1H3. The van der Waals surface area contributed by atoms with Gasteiger partial charge in [0.05, 0.1) is 85.0 Å². The lowest BCUT2D eigenvalue weighted by Gasteiger charge is -2.44. The predicted molar refractivity (Wildman–Crippen MR) is 530 cm³/mol. The Morgan fingerprint density at radius 2 is 0.683 bits per heavy atom. The van der Waals surface area contributed by atoms with Gasteiger partial charge in [-0.3, -0.25) is 44.6 Å². The first kappa shape index (κ1) is 99.8. The average molecular weight is 2010 g/mol. The zero-order valence-electron chi connectivity index (χ0n) is 80.3. The Balaban J connectivity index is 0.000000115. The fourth-order valence-corrected chi connectivity index (χ4v) is 28.3. The van der Waals surface area contributed by atoms with Gasteiger partial charge in [0, 0.05) is 173 Å². The molecule has 754 valence electrons. The molecule has 0 bridgehead atoms. The molecule has 0 unspecified atom stereocenters. The van der Waals surface area contributed by atoms with Crippen molar-refractivity contribution in [1.29, 1.82) is 0 Å². The summed E-state index contributed by atoms with van der Waals surface area (Å²) in [5.41, 5.74) is 6.67. The van der Waals surface area contributed by atoms with Crippen LogP contribution in [-0.2, 0) is 63.0 Å². The van der Waals surface area contributed by atoms with Crippen molar-refractivity contribution in [2.45, 2.75) is 203 Å². The van der Waals surface area contributed by atoms with E-state index in [4.69, 9.17) is 0 Å². The number of halogens is 3. The van der Waals surface area contributed by atoms with Crippen molar-refractivity contribution in [2.75, 3.05) is 203 Å². The van der Waals surface area contributed by atoms with Gasteiger partial charge in [0.25, 0.3) is 50.1 Å². The molecule has 16 aliphatic rings. The fraction of sp³-hybridized carbons (Fsp3) is 0.602. The SMILES string of the molecule is CC(C)c1ccc(S(=O)(=O)N2CCN=C2N2CCN(C3CCC3)CC2)cc1.CCN1CCN(C2=NCCN2S(=O)(=O)c2ccccc2OC(F)(F)F)CC1.O=S(=O)(c1ccc(-c2cncnc2)cc1)N1CCN=C1N1CCN(C2CCC2)CC1.O=S(=O)(c1ccc(C2CC2)cc1)N1CCN=C1N1CCN(C2CCC2)CC1.O=S(=O)(c1ccc2c(c1)CCCC2)N1CCN=C1N1CCN(C2CCC2)CC1. The molecule has 22 rings (SSSR count). The number of alkyl halides is 3. The van der Waals surface area contributed by atoms with Crippen LogP contribution in [0.4, 0.5) is 13.2 Å². The first-order chi connectivity index (χ1) is 67.1. The van der Waals surface area contributed by atoms with E-state index in [1.807, 2.05) is 41.3 Å². The van der Waals surface area contributed by atoms with Crippen molar-refractivity contribution in [3.05, 3.63) is 156 Å². The number of piperazine rings is 5. The number of likely N-dealkylation sites (N-methyl/N-ethyl adjacent to an activating group) is 1. The summed E-state index contributed by atoms with van der Waals surface area (Å²) in [6, 6.07) is 35.2. The van der Waals surface area contributed by atoms with E-state index in [0.717, 1.165) is 201 Å². The van der Waals surface area contributed by atoms with Gasteiger partial charge in [-0.1, -0.05) is 101 Å². The summed E-state index contributed by atoms with van der Waals surface area (Å²) in [7, 11) is -18.5. The van der Waals surface area contributed by atoms with Gasteiger partial charge >= 0.3 is 6.36 Å². The van der Waals surface area contributed by atoms with E-state index in [-0.39, 0.29) is 23.9 Å². The maximum absolute atomic E-state index is 13.4. The van der Waals surface area contributed by atoms with Crippen molar-refractivity contribution in [3.8, 4) is 16.9 Å². The maximum atomic E-state index is 13.4. The number of rotatable bonds is 19. The molecule has 10 aliphatic heterocycles. The number of hydrogen-bond donors (Lipinski definition) is 0. The highest BCUT2D eigenvalue weighted by Crippen LogP contribution is 2.42. The summed E-state index contributed by atoms with van der Waals surface area (Å²) >= 11 is 0. The van der Waals surface area contributed by atoms with Crippen molar-refractivity contribution in [1.82, 2.24) is 80.5 Å². The van der Waals surface area contributed by atoms with E-state index in [1.165, 1.54) is 144 Å². The molecule has 139 heavy (non-hydrogen) atoms. The lowest BCUT2D eigenvalue weighted by Crippen LogP contribution is -2.56. The van der Waals surface area contributed by atoms with Gasteiger partial charge in [0.2, 0.25) is 29.8 Å². The Morgan fingerprint density at radius 1 is 0.353 bits per heavy atom. The van der Waals surface area contributed by atoms with Crippen LogP contribution in [0.2, 0.25) is 0 Å². The highest BCUT2D eigenvalue weighted by atomic mass is 32.2. The number of para-hydroxylation sites is 1. The van der Waals surface area contributed by atoms with E-state index in [0.29, 0.717) is 116 Å². The number of aliphatic imine (C=N–C) groups is 5. The molecule has 5 saturated heterocycles. The zero-order valence-corrected chi connectivity index (χ0v) is 84.4. The second-order valence-corrected chi connectivity index (χ2v) is 48.3. The predicted octanol–water partition coefficient (Wildman–Crippen LogP) is 9.79. The van der Waals surface area contributed by atoms with Gasteiger partial charge in [0.1, 0.15) is 17.0 Å². The smallest absolute Gasteiger partial charge is 0.404 e. The molecule has 5 aromatic carbocycles. The number of ether oxygens (including phenoxy) is 1. The van der Waals surface area contributed by atoms with Crippen LogP contribution in [0.25, 0.3) is 11.1 Å². The summed E-state index contributed by atoms with van der Waals surface area (Å²) < 4.78 is 182. The molecular formula is C98H135F3N22O11S5. The van der Waals surface area contributed by atoms with Crippen LogP contribution in [0.15, 0.2) is 183 Å². The molecule has 6 aliphatic carbocycles.